The number of benzene rings is 1. The highest BCUT2D eigenvalue weighted by molar-refractivity contribution is 5.62. The molecule has 0 radical (unpaired) electrons. The lowest BCUT2D eigenvalue weighted by Gasteiger charge is -2.11. The third kappa shape index (κ3) is 3.07. The molecule has 0 saturated heterocycles. The van der Waals surface area contributed by atoms with Crippen LogP contribution in [0.2, 0.25) is 0 Å². The zero-order chi connectivity index (χ0) is 14.5. The van der Waals surface area contributed by atoms with E-state index in [0.717, 1.165) is 11.4 Å². The van der Waals surface area contributed by atoms with Crippen molar-refractivity contribution in [3.05, 3.63) is 30.0 Å². The third-order valence-corrected chi connectivity index (χ3v) is 2.64. The van der Waals surface area contributed by atoms with Gasteiger partial charge in [-0.05, 0) is 19.1 Å². The standard InChI is InChI=1S/C13H17N5O2/c1-8-6-12(17-13(15-8)18-14)16-9-4-5-10(19-2)11(7-9)20-3/h4-7H,14H2,1-3H3,(H2,15,16,17,18). The van der Waals surface area contributed by atoms with E-state index in [9.17, 15) is 0 Å². The fourth-order valence-corrected chi connectivity index (χ4v) is 1.76. The van der Waals surface area contributed by atoms with Crippen molar-refractivity contribution in [1.29, 1.82) is 0 Å². The highest BCUT2D eigenvalue weighted by Gasteiger charge is 2.06. The second kappa shape index (κ2) is 6.07. The monoisotopic (exact) mass is 275 g/mol. The Hall–Kier alpha value is -2.54. The molecule has 0 amide bonds. The van der Waals surface area contributed by atoms with Crippen molar-refractivity contribution in [3.8, 4) is 11.5 Å². The number of nitrogen functional groups attached to an aromatic ring is 1. The molecule has 0 unspecified atom stereocenters. The van der Waals surface area contributed by atoms with Crippen molar-refractivity contribution < 1.29 is 9.47 Å². The van der Waals surface area contributed by atoms with Crippen molar-refractivity contribution in [2.45, 2.75) is 6.92 Å². The minimum Gasteiger partial charge on any atom is -0.493 e. The SMILES string of the molecule is COc1ccc(Nc2cc(C)nc(NN)n2)cc1OC. The van der Waals surface area contributed by atoms with Gasteiger partial charge in [0.15, 0.2) is 11.5 Å². The lowest BCUT2D eigenvalue weighted by molar-refractivity contribution is 0.355. The molecule has 7 nitrogen and oxygen atoms in total. The first-order valence-corrected chi connectivity index (χ1v) is 5.97. The van der Waals surface area contributed by atoms with Gasteiger partial charge in [-0.25, -0.2) is 10.8 Å². The second-order valence-corrected chi connectivity index (χ2v) is 4.06. The Balaban J connectivity index is 2.27. The van der Waals surface area contributed by atoms with Crippen molar-refractivity contribution in [2.75, 3.05) is 25.0 Å². The van der Waals surface area contributed by atoms with Gasteiger partial charge in [0.1, 0.15) is 5.82 Å². The summed E-state index contributed by atoms with van der Waals surface area (Å²) < 4.78 is 10.4. The molecule has 2 aromatic rings. The average Bonchev–Trinajstić information content (AvgIpc) is 2.46. The van der Waals surface area contributed by atoms with Crippen molar-refractivity contribution >= 4 is 17.5 Å². The maximum atomic E-state index is 5.33. The molecule has 2 rings (SSSR count). The smallest absolute Gasteiger partial charge is 0.239 e. The number of methoxy groups -OCH3 is 2. The molecule has 7 heteroatoms. The maximum Gasteiger partial charge on any atom is 0.239 e. The molecule has 4 N–H and O–H groups in total. The number of nitrogens with zero attached hydrogens (tertiary/aromatic N) is 2. The van der Waals surface area contributed by atoms with Gasteiger partial charge in [0.25, 0.3) is 0 Å². The fraction of sp³-hybridized carbons (Fsp3) is 0.231. The van der Waals surface area contributed by atoms with Crippen LogP contribution in [0.4, 0.5) is 17.5 Å². The van der Waals surface area contributed by atoms with Gasteiger partial charge in [-0.1, -0.05) is 0 Å². The van der Waals surface area contributed by atoms with Crippen molar-refractivity contribution in [1.82, 2.24) is 9.97 Å². The highest BCUT2D eigenvalue weighted by atomic mass is 16.5. The molecule has 0 aliphatic heterocycles. The van der Waals surface area contributed by atoms with E-state index >= 15 is 0 Å². The van der Waals surface area contributed by atoms with E-state index in [1.165, 1.54) is 0 Å². The van der Waals surface area contributed by atoms with Crippen LogP contribution in [-0.2, 0) is 0 Å². The Morgan fingerprint density at radius 1 is 1.05 bits per heavy atom. The molecule has 0 bridgehead atoms. The summed E-state index contributed by atoms with van der Waals surface area (Å²) in [6.45, 7) is 1.86. The number of anilines is 3. The molecule has 1 heterocycles. The molecule has 0 aliphatic carbocycles. The first kappa shape index (κ1) is 13.9. The van der Waals surface area contributed by atoms with Crippen LogP contribution in [0.15, 0.2) is 24.3 Å². The summed E-state index contributed by atoms with van der Waals surface area (Å²) in [4.78, 5) is 8.34. The zero-order valence-corrected chi connectivity index (χ0v) is 11.6. The maximum absolute atomic E-state index is 5.33. The lowest BCUT2D eigenvalue weighted by atomic mass is 10.2. The number of hydrazine groups is 1. The zero-order valence-electron chi connectivity index (χ0n) is 11.6. The number of hydrogen-bond donors (Lipinski definition) is 3. The summed E-state index contributed by atoms with van der Waals surface area (Å²) in [5, 5.41) is 3.16. The fourth-order valence-electron chi connectivity index (χ4n) is 1.76. The molecule has 0 aliphatic rings. The highest BCUT2D eigenvalue weighted by Crippen LogP contribution is 2.30. The Morgan fingerprint density at radius 2 is 1.80 bits per heavy atom. The predicted molar refractivity (Wildman–Crippen MR) is 77.4 cm³/mol. The van der Waals surface area contributed by atoms with E-state index in [0.29, 0.717) is 23.3 Å². The molecule has 0 spiro atoms. The first-order valence-electron chi connectivity index (χ1n) is 5.97. The number of ether oxygens (including phenoxy) is 2. The van der Waals surface area contributed by atoms with Crippen LogP contribution in [-0.4, -0.2) is 24.2 Å². The number of aromatic nitrogens is 2. The topological polar surface area (TPSA) is 94.3 Å². The average molecular weight is 275 g/mol. The number of rotatable bonds is 5. The van der Waals surface area contributed by atoms with Gasteiger partial charge in [-0.2, -0.15) is 4.98 Å². The quantitative estimate of drug-likeness (QED) is 0.566. The molecule has 0 atom stereocenters. The Morgan fingerprint density at radius 3 is 2.45 bits per heavy atom. The van der Waals surface area contributed by atoms with Crippen LogP contribution >= 0.6 is 0 Å². The Kier molecular flexibility index (Phi) is 4.21. The van der Waals surface area contributed by atoms with Crippen LogP contribution in [0.5, 0.6) is 11.5 Å². The minimum atomic E-state index is 0.355. The number of nitrogens with one attached hydrogen (secondary N) is 2. The summed E-state index contributed by atoms with van der Waals surface area (Å²) in [5.74, 6) is 7.62. The third-order valence-electron chi connectivity index (χ3n) is 2.64. The van der Waals surface area contributed by atoms with Gasteiger partial charge in [0.2, 0.25) is 5.95 Å². The van der Waals surface area contributed by atoms with E-state index in [2.05, 4.69) is 20.7 Å². The molecule has 106 valence electrons. The van der Waals surface area contributed by atoms with Gasteiger partial charge < -0.3 is 14.8 Å². The summed E-state index contributed by atoms with van der Waals surface area (Å²) in [6, 6.07) is 7.33. The van der Waals surface area contributed by atoms with E-state index in [1.807, 2.05) is 31.2 Å². The number of nitrogens with two attached hydrogens (primary N) is 1. The van der Waals surface area contributed by atoms with Gasteiger partial charge in [-0.15, -0.1) is 0 Å². The van der Waals surface area contributed by atoms with E-state index < -0.39 is 0 Å². The molecule has 0 saturated carbocycles. The summed E-state index contributed by atoms with van der Waals surface area (Å²) >= 11 is 0. The molecule has 1 aromatic carbocycles. The molecule has 0 fully saturated rings. The number of hydrogen-bond acceptors (Lipinski definition) is 7. The summed E-state index contributed by atoms with van der Waals surface area (Å²) in [5.41, 5.74) is 4.05. The predicted octanol–water partition coefficient (Wildman–Crippen LogP) is 1.83. The van der Waals surface area contributed by atoms with Crippen molar-refractivity contribution in [3.63, 3.8) is 0 Å². The van der Waals surface area contributed by atoms with Gasteiger partial charge in [0, 0.05) is 23.5 Å². The van der Waals surface area contributed by atoms with Gasteiger partial charge >= 0.3 is 0 Å². The van der Waals surface area contributed by atoms with Crippen LogP contribution in [0.1, 0.15) is 5.69 Å². The molecule has 1 aromatic heterocycles. The largest absolute Gasteiger partial charge is 0.493 e. The lowest BCUT2D eigenvalue weighted by Crippen LogP contribution is -2.11. The van der Waals surface area contributed by atoms with Crippen LogP contribution in [0.3, 0.4) is 0 Å². The van der Waals surface area contributed by atoms with Crippen LogP contribution in [0, 0.1) is 6.92 Å². The Bertz CT molecular complexity index is 603. The van der Waals surface area contributed by atoms with Crippen LogP contribution in [0.25, 0.3) is 0 Å². The van der Waals surface area contributed by atoms with Gasteiger partial charge in [0.05, 0.1) is 14.2 Å². The summed E-state index contributed by atoms with van der Waals surface area (Å²) in [7, 11) is 3.19. The number of aryl methyl sites for hydroxylation is 1. The minimum absolute atomic E-state index is 0.355. The van der Waals surface area contributed by atoms with Crippen molar-refractivity contribution in [2.24, 2.45) is 5.84 Å². The molecular formula is C13H17N5O2. The van der Waals surface area contributed by atoms with Crippen LogP contribution < -0.4 is 26.1 Å². The summed E-state index contributed by atoms with van der Waals surface area (Å²) in [6.07, 6.45) is 0. The van der Waals surface area contributed by atoms with E-state index in [-0.39, 0.29) is 0 Å². The second-order valence-electron chi connectivity index (χ2n) is 4.06. The molecular weight excluding hydrogens is 258 g/mol. The first-order chi connectivity index (χ1) is 9.66. The van der Waals surface area contributed by atoms with E-state index in [1.54, 1.807) is 14.2 Å². The molecule has 20 heavy (non-hydrogen) atoms. The van der Waals surface area contributed by atoms with E-state index in [4.69, 9.17) is 15.3 Å². The van der Waals surface area contributed by atoms with Gasteiger partial charge in [-0.3, -0.25) is 5.43 Å². The normalized spacial score (nSPS) is 10.0. The Labute approximate surface area is 117 Å².